The van der Waals surface area contributed by atoms with Crippen LogP contribution in [0, 0.1) is 5.92 Å². The van der Waals surface area contributed by atoms with E-state index in [-0.39, 0.29) is 17.6 Å². The minimum Gasteiger partial charge on any atom is -0.497 e. The molecule has 4 rings (SSSR count). The molecule has 1 aliphatic heterocycles. The number of carbonyl (C=O) groups is 2. The summed E-state index contributed by atoms with van der Waals surface area (Å²) in [4.78, 5) is 25.1. The standard InChI is InChI=1S/C19H16N2O3/c1-24-12-8-6-11(7-9-12)15-10-16(21-20-15)17-18(22)13-4-2-3-5-14(13)19(17)23/h2-9,15,17,20H,10H2,1H3/t15-/m0/s1. The van der Waals surface area contributed by atoms with Crippen LogP contribution in [0.3, 0.4) is 0 Å². The number of hydrogen-bond donors (Lipinski definition) is 1. The second-order valence-corrected chi connectivity index (χ2v) is 5.97. The number of nitrogens with zero attached hydrogens (tertiary/aromatic N) is 1. The molecule has 1 aliphatic carbocycles. The smallest absolute Gasteiger partial charge is 0.180 e. The molecule has 2 aromatic carbocycles. The van der Waals surface area contributed by atoms with Crippen LogP contribution in [0.1, 0.15) is 38.7 Å². The molecule has 24 heavy (non-hydrogen) atoms. The van der Waals surface area contributed by atoms with Gasteiger partial charge in [-0.3, -0.25) is 9.59 Å². The molecule has 0 amide bonds. The maximum atomic E-state index is 12.6. The number of hydrogen-bond acceptors (Lipinski definition) is 5. The molecule has 2 aromatic rings. The Morgan fingerprint density at radius 2 is 1.62 bits per heavy atom. The van der Waals surface area contributed by atoms with Gasteiger partial charge in [-0.2, -0.15) is 5.10 Å². The summed E-state index contributed by atoms with van der Waals surface area (Å²) in [6, 6.07) is 14.6. The van der Waals surface area contributed by atoms with Crippen molar-refractivity contribution in [1.82, 2.24) is 5.43 Å². The highest BCUT2D eigenvalue weighted by Gasteiger charge is 2.43. The number of methoxy groups -OCH3 is 1. The van der Waals surface area contributed by atoms with Gasteiger partial charge in [0.15, 0.2) is 11.6 Å². The van der Waals surface area contributed by atoms with Gasteiger partial charge in [0.25, 0.3) is 0 Å². The monoisotopic (exact) mass is 320 g/mol. The van der Waals surface area contributed by atoms with Gasteiger partial charge in [0.1, 0.15) is 11.7 Å². The summed E-state index contributed by atoms with van der Waals surface area (Å²) >= 11 is 0. The second kappa shape index (κ2) is 5.60. The van der Waals surface area contributed by atoms with E-state index in [1.54, 1.807) is 31.4 Å². The lowest BCUT2D eigenvalue weighted by molar-refractivity contribution is 0.0882. The van der Waals surface area contributed by atoms with Gasteiger partial charge < -0.3 is 10.2 Å². The van der Waals surface area contributed by atoms with Crippen LogP contribution >= 0.6 is 0 Å². The molecule has 0 spiro atoms. The Balaban J connectivity index is 1.55. The molecule has 5 heteroatoms. The average molecular weight is 320 g/mol. The van der Waals surface area contributed by atoms with Crippen molar-refractivity contribution >= 4 is 17.3 Å². The van der Waals surface area contributed by atoms with Gasteiger partial charge in [-0.05, 0) is 17.7 Å². The molecule has 120 valence electrons. The van der Waals surface area contributed by atoms with Crippen LogP contribution in [0.5, 0.6) is 5.75 Å². The van der Waals surface area contributed by atoms with E-state index in [2.05, 4.69) is 10.5 Å². The van der Waals surface area contributed by atoms with E-state index in [4.69, 9.17) is 4.74 Å². The van der Waals surface area contributed by atoms with E-state index < -0.39 is 5.92 Å². The molecule has 5 nitrogen and oxygen atoms in total. The first kappa shape index (κ1) is 14.6. The Labute approximate surface area is 139 Å². The number of Topliss-reactive ketones (excluding diaryl/α,β-unsaturated/α-hetero) is 2. The SMILES string of the molecule is COc1ccc([C@@H]2CC(C3C(=O)c4ccccc4C3=O)=NN2)cc1. The minimum absolute atomic E-state index is 0.0322. The van der Waals surface area contributed by atoms with E-state index in [1.165, 1.54) is 0 Å². The number of benzene rings is 2. The van der Waals surface area contributed by atoms with Crippen molar-refractivity contribution in [1.29, 1.82) is 0 Å². The fraction of sp³-hybridized carbons (Fsp3) is 0.211. The van der Waals surface area contributed by atoms with Gasteiger partial charge in [-0.1, -0.05) is 36.4 Å². The van der Waals surface area contributed by atoms with Crippen molar-refractivity contribution in [2.75, 3.05) is 7.11 Å². The normalized spacial score (nSPS) is 19.9. The highest BCUT2D eigenvalue weighted by atomic mass is 16.5. The number of nitrogens with one attached hydrogen (secondary N) is 1. The van der Waals surface area contributed by atoms with E-state index in [1.807, 2.05) is 24.3 Å². The first-order valence-corrected chi connectivity index (χ1v) is 7.82. The number of fused-ring (bicyclic) bond motifs is 1. The third kappa shape index (κ3) is 2.21. The van der Waals surface area contributed by atoms with Gasteiger partial charge in [-0.15, -0.1) is 0 Å². The Kier molecular flexibility index (Phi) is 3.41. The van der Waals surface area contributed by atoms with E-state index >= 15 is 0 Å². The van der Waals surface area contributed by atoms with Crippen LogP contribution in [0.15, 0.2) is 53.6 Å². The van der Waals surface area contributed by atoms with Crippen LogP contribution in [0.2, 0.25) is 0 Å². The summed E-state index contributed by atoms with van der Waals surface area (Å²) in [6.45, 7) is 0. The van der Waals surface area contributed by atoms with Crippen molar-refractivity contribution < 1.29 is 14.3 Å². The number of ketones is 2. The molecule has 0 unspecified atom stereocenters. The van der Waals surface area contributed by atoms with Gasteiger partial charge in [0, 0.05) is 17.5 Å². The third-order valence-corrected chi connectivity index (χ3v) is 4.61. The lowest BCUT2D eigenvalue weighted by Crippen LogP contribution is -2.24. The second-order valence-electron chi connectivity index (χ2n) is 5.97. The quantitative estimate of drug-likeness (QED) is 0.883. The van der Waals surface area contributed by atoms with Crippen LogP contribution < -0.4 is 10.2 Å². The topological polar surface area (TPSA) is 67.8 Å². The van der Waals surface area contributed by atoms with Crippen molar-refractivity contribution in [3.63, 3.8) is 0 Å². The van der Waals surface area contributed by atoms with Crippen LogP contribution in [0.25, 0.3) is 0 Å². The molecule has 0 fully saturated rings. The summed E-state index contributed by atoms with van der Waals surface area (Å²) in [5.41, 5.74) is 5.71. The van der Waals surface area contributed by atoms with Gasteiger partial charge >= 0.3 is 0 Å². The highest BCUT2D eigenvalue weighted by Crippen LogP contribution is 2.33. The molecule has 1 heterocycles. The molecule has 0 bridgehead atoms. The number of carbonyl (C=O) groups excluding carboxylic acids is 2. The largest absolute Gasteiger partial charge is 0.497 e. The van der Waals surface area contributed by atoms with Crippen LogP contribution in [-0.2, 0) is 0 Å². The zero-order valence-corrected chi connectivity index (χ0v) is 13.2. The third-order valence-electron chi connectivity index (χ3n) is 4.61. The minimum atomic E-state index is -0.779. The van der Waals surface area contributed by atoms with E-state index in [9.17, 15) is 9.59 Å². The predicted molar refractivity (Wildman–Crippen MR) is 89.5 cm³/mol. The molecule has 1 N–H and O–H groups in total. The fourth-order valence-electron chi connectivity index (χ4n) is 3.32. The first-order valence-electron chi connectivity index (χ1n) is 7.82. The Morgan fingerprint density at radius 3 is 2.21 bits per heavy atom. The average Bonchev–Trinajstić information content (AvgIpc) is 3.19. The molecule has 0 radical (unpaired) electrons. The summed E-state index contributed by atoms with van der Waals surface area (Å²) in [7, 11) is 1.62. The molecular formula is C19H16N2O3. The summed E-state index contributed by atoms with van der Waals surface area (Å²) in [5.74, 6) is -0.286. The molecule has 1 atom stereocenters. The van der Waals surface area contributed by atoms with Crippen molar-refractivity contribution in [3.05, 3.63) is 65.2 Å². The molecule has 0 aromatic heterocycles. The summed E-state index contributed by atoms with van der Waals surface area (Å²) < 4.78 is 5.16. The molecule has 0 saturated carbocycles. The van der Waals surface area contributed by atoms with Crippen LogP contribution in [0.4, 0.5) is 0 Å². The molecular weight excluding hydrogens is 304 g/mol. The van der Waals surface area contributed by atoms with E-state index in [0.717, 1.165) is 11.3 Å². The van der Waals surface area contributed by atoms with Crippen molar-refractivity contribution in [2.45, 2.75) is 12.5 Å². The lowest BCUT2D eigenvalue weighted by Gasteiger charge is -2.11. The first-order chi connectivity index (χ1) is 11.7. The number of rotatable bonds is 3. The Morgan fingerprint density at radius 1 is 1.00 bits per heavy atom. The maximum Gasteiger partial charge on any atom is 0.180 e. The Hall–Kier alpha value is -2.95. The summed E-state index contributed by atoms with van der Waals surface area (Å²) in [5, 5.41) is 4.30. The van der Waals surface area contributed by atoms with Crippen molar-refractivity contribution in [2.24, 2.45) is 11.0 Å². The van der Waals surface area contributed by atoms with E-state index in [0.29, 0.717) is 23.3 Å². The maximum absolute atomic E-state index is 12.6. The van der Waals surface area contributed by atoms with Gasteiger partial charge in [0.2, 0.25) is 0 Å². The lowest BCUT2D eigenvalue weighted by atomic mass is 9.92. The number of hydrazone groups is 1. The molecule has 2 aliphatic rings. The zero-order valence-electron chi connectivity index (χ0n) is 13.2. The predicted octanol–water partition coefficient (Wildman–Crippen LogP) is 2.78. The summed E-state index contributed by atoms with van der Waals surface area (Å²) in [6.07, 6.45) is 0.544. The highest BCUT2D eigenvalue weighted by molar-refractivity contribution is 6.36. The fourth-order valence-corrected chi connectivity index (χ4v) is 3.32. The zero-order chi connectivity index (χ0) is 16.7. The van der Waals surface area contributed by atoms with Crippen molar-refractivity contribution in [3.8, 4) is 5.75 Å². The van der Waals surface area contributed by atoms with Gasteiger partial charge in [-0.25, -0.2) is 0 Å². The Bertz CT molecular complexity index is 820. The molecule has 0 saturated heterocycles. The van der Waals surface area contributed by atoms with Gasteiger partial charge in [0.05, 0.1) is 18.9 Å². The van der Waals surface area contributed by atoms with Crippen LogP contribution in [-0.4, -0.2) is 24.4 Å². The number of ether oxygens (including phenoxy) is 1.